The second kappa shape index (κ2) is 10.1. The number of amides is 1. The summed E-state index contributed by atoms with van der Waals surface area (Å²) in [5, 5.41) is 2.93. The first-order valence-electron chi connectivity index (χ1n) is 10.2. The normalized spacial score (nSPS) is 12.6. The number of ether oxygens (including phenoxy) is 1. The van der Waals surface area contributed by atoms with Gasteiger partial charge in [-0.3, -0.25) is 4.79 Å². The predicted molar refractivity (Wildman–Crippen MR) is 119 cm³/mol. The van der Waals surface area contributed by atoms with E-state index in [0.717, 1.165) is 16.7 Å². The third kappa shape index (κ3) is 5.61. The summed E-state index contributed by atoms with van der Waals surface area (Å²) in [5.41, 5.74) is 4.49. The maximum absolute atomic E-state index is 13.0. The van der Waals surface area contributed by atoms with Crippen LogP contribution in [0.3, 0.4) is 0 Å². The van der Waals surface area contributed by atoms with Crippen LogP contribution in [-0.2, 0) is 14.8 Å². The molecule has 0 fully saturated rings. The molecule has 0 bridgehead atoms. The van der Waals surface area contributed by atoms with Crippen molar-refractivity contribution >= 4 is 15.9 Å². The Bertz CT molecular complexity index is 985. The molecule has 2 aromatic carbocycles. The van der Waals surface area contributed by atoms with Gasteiger partial charge in [-0.2, -0.15) is 4.31 Å². The van der Waals surface area contributed by atoms with E-state index in [9.17, 15) is 13.2 Å². The molecular formula is C23H32N2O4S. The van der Waals surface area contributed by atoms with E-state index >= 15 is 0 Å². The van der Waals surface area contributed by atoms with Crippen LogP contribution < -0.4 is 10.1 Å². The maximum Gasteiger partial charge on any atom is 0.243 e. The van der Waals surface area contributed by atoms with E-state index in [2.05, 4.69) is 24.4 Å². The zero-order chi connectivity index (χ0) is 22.5. The lowest BCUT2D eigenvalue weighted by molar-refractivity contribution is -0.121. The van der Waals surface area contributed by atoms with Gasteiger partial charge < -0.3 is 10.1 Å². The Morgan fingerprint density at radius 3 is 2.20 bits per heavy atom. The minimum Gasteiger partial charge on any atom is -0.494 e. The van der Waals surface area contributed by atoms with Crippen LogP contribution in [0.2, 0.25) is 0 Å². The minimum absolute atomic E-state index is 0.138. The lowest BCUT2D eigenvalue weighted by atomic mass is 9.96. The molecule has 2 aromatic rings. The average molecular weight is 433 g/mol. The highest BCUT2D eigenvalue weighted by Gasteiger charge is 2.26. The summed E-state index contributed by atoms with van der Waals surface area (Å²) in [6.45, 7) is 12.1. The van der Waals surface area contributed by atoms with Crippen LogP contribution in [0, 0.1) is 20.8 Å². The van der Waals surface area contributed by atoms with Gasteiger partial charge in [-0.25, -0.2) is 8.42 Å². The third-order valence-corrected chi connectivity index (χ3v) is 7.11. The number of benzene rings is 2. The SMILES string of the molecule is CCOc1ccc(S(=O)(=O)N(CC)CC(=O)NC(C)c2cc(C)c(C)cc2C)cc1. The lowest BCUT2D eigenvalue weighted by Gasteiger charge is -2.23. The molecule has 1 amide bonds. The summed E-state index contributed by atoms with van der Waals surface area (Å²) >= 11 is 0. The van der Waals surface area contributed by atoms with Crippen LogP contribution in [-0.4, -0.2) is 38.3 Å². The second-order valence-corrected chi connectivity index (χ2v) is 9.36. The molecule has 0 heterocycles. The molecule has 1 N–H and O–H groups in total. The molecule has 0 spiro atoms. The first kappa shape index (κ1) is 23.9. The van der Waals surface area contributed by atoms with E-state index in [1.165, 1.54) is 22.0 Å². The highest BCUT2D eigenvalue weighted by atomic mass is 32.2. The Hall–Kier alpha value is -2.38. The Balaban J connectivity index is 2.12. The molecule has 0 saturated heterocycles. The van der Waals surface area contributed by atoms with Gasteiger partial charge in [0.15, 0.2) is 0 Å². The van der Waals surface area contributed by atoms with Crippen LogP contribution in [0.5, 0.6) is 5.75 Å². The molecule has 7 heteroatoms. The number of sulfonamides is 1. The number of rotatable bonds is 9. The summed E-state index contributed by atoms with van der Waals surface area (Å²) in [7, 11) is -3.78. The lowest BCUT2D eigenvalue weighted by Crippen LogP contribution is -2.41. The summed E-state index contributed by atoms with van der Waals surface area (Å²) in [6, 6.07) is 10.2. The van der Waals surface area contributed by atoms with Gasteiger partial charge in [-0.15, -0.1) is 0 Å². The highest BCUT2D eigenvalue weighted by molar-refractivity contribution is 7.89. The van der Waals surface area contributed by atoms with Crippen LogP contribution in [0.4, 0.5) is 0 Å². The molecule has 0 radical (unpaired) electrons. The number of aryl methyl sites for hydroxylation is 3. The van der Waals surface area contributed by atoms with Crippen molar-refractivity contribution in [3.8, 4) is 5.75 Å². The van der Waals surface area contributed by atoms with Gasteiger partial charge in [0.05, 0.1) is 24.1 Å². The number of carbonyl (C=O) groups excluding carboxylic acids is 1. The monoisotopic (exact) mass is 432 g/mol. The van der Waals surface area contributed by atoms with Gasteiger partial charge >= 0.3 is 0 Å². The smallest absolute Gasteiger partial charge is 0.243 e. The number of carbonyl (C=O) groups is 1. The van der Waals surface area contributed by atoms with Crippen molar-refractivity contribution in [3.05, 3.63) is 58.7 Å². The molecular weight excluding hydrogens is 400 g/mol. The van der Waals surface area contributed by atoms with E-state index < -0.39 is 10.0 Å². The van der Waals surface area contributed by atoms with Crippen molar-refractivity contribution in [2.45, 2.75) is 52.5 Å². The predicted octanol–water partition coefficient (Wildman–Crippen LogP) is 3.90. The zero-order valence-electron chi connectivity index (χ0n) is 18.7. The fourth-order valence-corrected chi connectivity index (χ4v) is 4.77. The van der Waals surface area contributed by atoms with E-state index in [0.29, 0.717) is 12.4 Å². The zero-order valence-corrected chi connectivity index (χ0v) is 19.5. The molecule has 30 heavy (non-hydrogen) atoms. The van der Waals surface area contributed by atoms with Crippen LogP contribution in [0.25, 0.3) is 0 Å². The van der Waals surface area contributed by atoms with Crippen LogP contribution in [0.15, 0.2) is 41.3 Å². The molecule has 1 atom stereocenters. The van der Waals surface area contributed by atoms with E-state index in [-0.39, 0.29) is 29.9 Å². The van der Waals surface area contributed by atoms with Crippen LogP contribution in [0.1, 0.15) is 49.1 Å². The van der Waals surface area contributed by atoms with Crippen molar-refractivity contribution in [2.24, 2.45) is 0 Å². The third-order valence-electron chi connectivity index (χ3n) is 5.17. The fraction of sp³-hybridized carbons (Fsp3) is 0.435. The van der Waals surface area contributed by atoms with Gasteiger partial charge in [0.25, 0.3) is 0 Å². The summed E-state index contributed by atoms with van der Waals surface area (Å²) in [6.07, 6.45) is 0. The van der Waals surface area contributed by atoms with Crippen LogP contribution >= 0.6 is 0 Å². The standard InChI is InChI=1S/C23H32N2O4S/c1-7-25(30(27,28)21-11-9-20(10-12-21)29-8-2)15-23(26)24-19(6)22-14-17(4)16(3)13-18(22)5/h9-14,19H,7-8,15H2,1-6H3,(H,24,26). The van der Waals surface area contributed by atoms with Gasteiger partial charge in [0, 0.05) is 6.54 Å². The number of likely N-dealkylation sites (N-methyl/N-ethyl adjacent to an activating group) is 1. The van der Waals surface area contributed by atoms with Crippen molar-refractivity contribution in [3.63, 3.8) is 0 Å². The van der Waals surface area contributed by atoms with Crippen molar-refractivity contribution in [2.75, 3.05) is 19.7 Å². The molecule has 0 aromatic heterocycles. The van der Waals surface area contributed by atoms with Crippen molar-refractivity contribution in [1.29, 1.82) is 0 Å². The highest BCUT2D eigenvalue weighted by Crippen LogP contribution is 2.22. The Kier molecular flexibility index (Phi) is 8.03. The average Bonchev–Trinajstić information content (AvgIpc) is 2.69. The summed E-state index contributed by atoms with van der Waals surface area (Å²) in [5.74, 6) is 0.270. The molecule has 0 aliphatic carbocycles. The van der Waals surface area contributed by atoms with Gasteiger partial charge in [-0.05, 0) is 81.1 Å². The first-order valence-corrected chi connectivity index (χ1v) is 11.6. The van der Waals surface area contributed by atoms with E-state index in [1.807, 2.05) is 27.7 Å². The quantitative estimate of drug-likeness (QED) is 0.652. The number of hydrogen-bond acceptors (Lipinski definition) is 4. The molecule has 2 rings (SSSR count). The number of hydrogen-bond donors (Lipinski definition) is 1. The largest absolute Gasteiger partial charge is 0.494 e. The summed E-state index contributed by atoms with van der Waals surface area (Å²) in [4.78, 5) is 12.8. The topological polar surface area (TPSA) is 75.7 Å². The number of nitrogens with zero attached hydrogens (tertiary/aromatic N) is 1. The van der Waals surface area contributed by atoms with E-state index in [4.69, 9.17) is 4.74 Å². The van der Waals surface area contributed by atoms with Gasteiger partial charge in [-0.1, -0.05) is 19.1 Å². The van der Waals surface area contributed by atoms with Gasteiger partial charge in [0.2, 0.25) is 15.9 Å². The molecule has 6 nitrogen and oxygen atoms in total. The maximum atomic E-state index is 13.0. The first-order chi connectivity index (χ1) is 14.1. The Morgan fingerprint density at radius 2 is 1.63 bits per heavy atom. The minimum atomic E-state index is -3.78. The molecule has 0 aliphatic rings. The van der Waals surface area contributed by atoms with Crippen molar-refractivity contribution in [1.82, 2.24) is 9.62 Å². The van der Waals surface area contributed by atoms with Crippen molar-refractivity contribution < 1.29 is 17.9 Å². The number of nitrogens with one attached hydrogen (secondary N) is 1. The summed E-state index contributed by atoms with van der Waals surface area (Å²) < 4.78 is 32.5. The van der Waals surface area contributed by atoms with E-state index in [1.54, 1.807) is 19.1 Å². The molecule has 1 unspecified atom stereocenters. The molecule has 0 aliphatic heterocycles. The second-order valence-electron chi connectivity index (χ2n) is 7.42. The Morgan fingerprint density at radius 1 is 1.03 bits per heavy atom. The molecule has 164 valence electrons. The van der Waals surface area contributed by atoms with Gasteiger partial charge in [0.1, 0.15) is 5.75 Å². The fourth-order valence-electron chi connectivity index (χ4n) is 3.36. The Labute approximate surface area is 180 Å². The molecule has 0 saturated carbocycles.